The second-order valence-corrected chi connectivity index (χ2v) is 5.39. The lowest BCUT2D eigenvalue weighted by atomic mass is 10.00. The summed E-state index contributed by atoms with van der Waals surface area (Å²) in [6.45, 7) is 2.61. The highest BCUT2D eigenvalue weighted by Gasteiger charge is 2.18. The first-order chi connectivity index (χ1) is 10.1. The third kappa shape index (κ3) is 2.99. The van der Waals surface area contributed by atoms with Crippen LogP contribution in [0, 0.1) is 0 Å². The van der Waals surface area contributed by atoms with E-state index in [9.17, 15) is 0 Å². The molecule has 0 fully saturated rings. The van der Waals surface area contributed by atoms with Crippen molar-refractivity contribution in [3.63, 3.8) is 0 Å². The van der Waals surface area contributed by atoms with Crippen molar-refractivity contribution in [2.24, 2.45) is 16.5 Å². The first-order valence-corrected chi connectivity index (χ1v) is 7.06. The van der Waals surface area contributed by atoms with Gasteiger partial charge in [0.25, 0.3) is 0 Å². The number of benzene rings is 2. The van der Waals surface area contributed by atoms with Crippen LogP contribution >= 0.6 is 0 Å². The molecule has 0 spiro atoms. The largest absolute Gasteiger partial charge is 0.490 e. The lowest BCUT2D eigenvalue weighted by Crippen LogP contribution is -2.22. The van der Waals surface area contributed by atoms with Crippen molar-refractivity contribution in [2.45, 2.75) is 26.0 Å². The van der Waals surface area contributed by atoms with Crippen LogP contribution in [-0.4, -0.2) is 12.1 Å². The maximum Gasteiger partial charge on any atom is 0.186 e. The van der Waals surface area contributed by atoms with E-state index in [2.05, 4.69) is 42.2 Å². The number of fused-ring (bicyclic) bond motifs is 1. The van der Waals surface area contributed by atoms with Gasteiger partial charge < -0.3 is 16.2 Å². The molecule has 3 rings (SSSR count). The van der Waals surface area contributed by atoms with Gasteiger partial charge in [0.1, 0.15) is 11.9 Å². The summed E-state index contributed by atoms with van der Waals surface area (Å²) in [4.78, 5) is 4.01. The van der Waals surface area contributed by atoms with E-state index < -0.39 is 0 Å². The van der Waals surface area contributed by atoms with Crippen LogP contribution in [0.1, 0.15) is 18.1 Å². The van der Waals surface area contributed by atoms with Gasteiger partial charge in [0.15, 0.2) is 5.96 Å². The molecule has 1 atom stereocenters. The van der Waals surface area contributed by atoms with Crippen LogP contribution in [0.15, 0.2) is 47.5 Å². The van der Waals surface area contributed by atoms with Gasteiger partial charge in [0.05, 0.1) is 6.54 Å². The van der Waals surface area contributed by atoms with E-state index >= 15 is 0 Å². The molecule has 0 saturated heterocycles. The summed E-state index contributed by atoms with van der Waals surface area (Å²) in [6.07, 6.45) is 1.25. The number of nitrogens with two attached hydrogens (primary N) is 2. The topological polar surface area (TPSA) is 73.6 Å². The minimum absolute atomic E-state index is 0.117. The molecule has 1 aliphatic heterocycles. The SMILES string of the molecule is CC1Cc2cc(-c3ccc(CN=C(N)N)cc3)ccc2O1. The minimum Gasteiger partial charge on any atom is -0.490 e. The van der Waals surface area contributed by atoms with E-state index in [0.29, 0.717) is 6.54 Å². The van der Waals surface area contributed by atoms with Crippen LogP contribution in [0.5, 0.6) is 5.75 Å². The summed E-state index contributed by atoms with van der Waals surface area (Å²) in [6, 6.07) is 14.7. The lowest BCUT2D eigenvalue weighted by Gasteiger charge is -2.06. The molecule has 0 amide bonds. The number of aliphatic imine (C=N–C) groups is 1. The monoisotopic (exact) mass is 281 g/mol. The molecule has 21 heavy (non-hydrogen) atoms. The Kier molecular flexibility index (Phi) is 3.52. The average molecular weight is 281 g/mol. The van der Waals surface area contributed by atoms with Gasteiger partial charge in [0, 0.05) is 6.42 Å². The van der Waals surface area contributed by atoms with E-state index in [4.69, 9.17) is 16.2 Å². The summed E-state index contributed by atoms with van der Waals surface area (Å²) in [5.74, 6) is 1.13. The van der Waals surface area contributed by atoms with Crippen LogP contribution in [0.2, 0.25) is 0 Å². The maximum absolute atomic E-state index is 5.73. The fraction of sp³-hybridized carbons (Fsp3) is 0.235. The average Bonchev–Trinajstić information content (AvgIpc) is 2.84. The molecule has 0 saturated carbocycles. The number of hydrogen-bond donors (Lipinski definition) is 2. The zero-order valence-electron chi connectivity index (χ0n) is 12.0. The second-order valence-electron chi connectivity index (χ2n) is 5.39. The molecule has 4 nitrogen and oxygen atoms in total. The number of nitrogens with zero attached hydrogens (tertiary/aromatic N) is 1. The smallest absolute Gasteiger partial charge is 0.186 e. The van der Waals surface area contributed by atoms with Gasteiger partial charge in [-0.3, -0.25) is 0 Å². The van der Waals surface area contributed by atoms with Crippen molar-refractivity contribution in [1.82, 2.24) is 0 Å². The summed E-state index contributed by atoms with van der Waals surface area (Å²) < 4.78 is 5.73. The molecule has 4 N–H and O–H groups in total. The summed E-state index contributed by atoms with van der Waals surface area (Å²) in [5.41, 5.74) is 15.4. The van der Waals surface area contributed by atoms with Gasteiger partial charge >= 0.3 is 0 Å². The van der Waals surface area contributed by atoms with Crippen molar-refractivity contribution in [3.8, 4) is 16.9 Å². The molecule has 108 valence electrons. The zero-order valence-corrected chi connectivity index (χ0v) is 12.0. The molecule has 0 aromatic heterocycles. The van der Waals surface area contributed by atoms with Gasteiger partial charge in [-0.05, 0) is 41.3 Å². The quantitative estimate of drug-likeness (QED) is 0.670. The first kappa shape index (κ1) is 13.5. The third-order valence-electron chi connectivity index (χ3n) is 3.63. The molecule has 1 unspecified atom stereocenters. The van der Waals surface area contributed by atoms with E-state index in [1.807, 2.05) is 12.1 Å². The van der Waals surface area contributed by atoms with Crippen molar-refractivity contribution >= 4 is 5.96 Å². The van der Waals surface area contributed by atoms with Gasteiger partial charge in [-0.15, -0.1) is 0 Å². The molecule has 2 aromatic carbocycles. The molecule has 4 heteroatoms. The van der Waals surface area contributed by atoms with Crippen LogP contribution in [0.4, 0.5) is 0 Å². The van der Waals surface area contributed by atoms with Crippen LogP contribution in [0.25, 0.3) is 11.1 Å². The third-order valence-corrected chi connectivity index (χ3v) is 3.63. The zero-order chi connectivity index (χ0) is 14.8. The molecule has 1 heterocycles. The van der Waals surface area contributed by atoms with E-state index in [1.54, 1.807) is 0 Å². The van der Waals surface area contributed by atoms with Crippen LogP contribution < -0.4 is 16.2 Å². The Morgan fingerprint density at radius 2 is 1.86 bits per heavy atom. The van der Waals surface area contributed by atoms with Crippen molar-refractivity contribution < 1.29 is 4.74 Å². The maximum atomic E-state index is 5.73. The highest BCUT2D eigenvalue weighted by atomic mass is 16.5. The second kappa shape index (κ2) is 5.48. The molecule has 0 bridgehead atoms. The van der Waals surface area contributed by atoms with Gasteiger partial charge in [-0.1, -0.05) is 30.3 Å². The van der Waals surface area contributed by atoms with Gasteiger partial charge in [0.2, 0.25) is 0 Å². The molecular formula is C17H19N3O. The predicted molar refractivity (Wildman–Crippen MR) is 85.2 cm³/mol. The Hall–Kier alpha value is -2.49. The Labute approximate surface area is 124 Å². The standard InChI is InChI=1S/C17H19N3O/c1-11-8-15-9-14(6-7-16(15)21-11)13-4-2-12(3-5-13)10-20-17(18)19/h2-7,9,11H,8,10H2,1H3,(H4,18,19,20). The highest BCUT2D eigenvalue weighted by Crippen LogP contribution is 2.32. The Bertz CT molecular complexity index is 673. The van der Waals surface area contributed by atoms with E-state index in [0.717, 1.165) is 17.7 Å². The lowest BCUT2D eigenvalue weighted by molar-refractivity contribution is 0.254. The molecular weight excluding hydrogens is 262 g/mol. The minimum atomic E-state index is 0.117. The Morgan fingerprint density at radius 3 is 2.57 bits per heavy atom. The Morgan fingerprint density at radius 1 is 1.14 bits per heavy atom. The van der Waals surface area contributed by atoms with E-state index in [-0.39, 0.29) is 12.1 Å². The summed E-state index contributed by atoms with van der Waals surface area (Å²) in [7, 11) is 0. The van der Waals surface area contributed by atoms with Gasteiger partial charge in [-0.25, -0.2) is 4.99 Å². The number of guanidine groups is 1. The predicted octanol–water partition coefficient (Wildman–Crippen LogP) is 2.45. The number of hydrogen-bond acceptors (Lipinski definition) is 2. The van der Waals surface area contributed by atoms with Crippen molar-refractivity contribution in [2.75, 3.05) is 0 Å². The summed E-state index contributed by atoms with van der Waals surface area (Å²) in [5, 5.41) is 0. The molecule has 1 aliphatic rings. The highest BCUT2D eigenvalue weighted by molar-refractivity contribution is 5.75. The van der Waals surface area contributed by atoms with Crippen LogP contribution in [-0.2, 0) is 13.0 Å². The van der Waals surface area contributed by atoms with Crippen LogP contribution in [0.3, 0.4) is 0 Å². The van der Waals surface area contributed by atoms with Crippen molar-refractivity contribution in [1.29, 1.82) is 0 Å². The fourth-order valence-corrected chi connectivity index (χ4v) is 2.59. The number of rotatable bonds is 3. The van der Waals surface area contributed by atoms with Crippen molar-refractivity contribution in [3.05, 3.63) is 53.6 Å². The van der Waals surface area contributed by atoms with Gasteiger partial charge in [-0.2, -0.15) is 0 Å². The molecule has 0 radical (unpaired) electrons. The summed E-state index contributed by atoms with van der Waals surface area (Å²) >= 11 is 0. The molecule has 0 aliphatic carbocycles. The number of ether oxygens (including phenoxy) is 1. The van der Waals surface area contributed by atoms with E-state index in [1.165, 1.54) is 16.7 Å². The fourth-order valence-electron chi connectivity index (χ4n) is 2.59. The molecule has 2 aromatic rings. The Balaban J connectivity index is 1.81. The normalized spacial score (nSPS) is 16.1. The first-order valence-electron chi connectivity index (χ1n) is 7.06.